The van der Waals surface area contributed by atoms with Gasteiger partial charge < -0.3 is 14.7 Å². The monoisotopic (exact) mass is 305 g/mol. The maximum Gasteiger partial charge on any atom is 0.343 e. The number of rotatable bonds is 4. The molecule has 3 rings (SSSR count). The van der Waals surface area contributed by atoms with Gasteiger partial charge in [-0.15, -0.1) is 0 Å². The Morgan fingerprint density at radius 1 is 1.36 bits per heavy atom. The maximum atomic E-state index is 12.9. The number of aliphatic hydroxyl groups is 1. The molecule has 0 aromatic carbocycles. The second kappa shape index (κ2) is 6.55. The average Bonchev–Trinajstić information content (AvgIpc) is 3.19. The number of esters is 1. The van der Waals surface area contributed by atoms with Gasteiger partial charge >= 0.3 is 5.97 Å². The molecule has 2 unspecified atom stereocenters. The third-order valence-electron chi connectivity index (χ3n) is 5.38. The zero-order chi connectivity index (χ0) is 15.6. The molecule has 2 aliphatic carbocycles. The summed E-state index contributed by atoms with van der Waals surface area (Å²) < 4.78 is 5.72. The van der Waals surface area contributed by atoms with E-state index in [1.165, 1.54) is 0 Å². The van der Waals surface area contributed by atoms with Crippen molar-refractivity contribution < 1.29 is 14.6 Å². The van der Waals surface area contributed by atoms with E-state index in [-0.39, 0.29) is 12.0 Å². The zero-order valence-corrected chi connectivity index (χ0v) is 13.5. The minimum Gasteiger partial charge on any atom is -0.459 e. The number of hydrogen-bond acceptors (Lipinski definition) is 4. The van der Waals surface area contributed by atoms with Crippen LogP contribution in [-0.4, -0.2) is 47.8 Å². The summed E-state index contributed by atoms with van der Waals surface area (Å²) in [6.07, 6.45) is 12.4. The number of allylic oxidation sites excluding steroid dienone is 3. The number of carbonyl (C=O) groups excluding carboxylic acids is 1. The third kappa shape index (κ3) is 2.99. The van der Waals surface area contributed by atoms with Crippen molar-refractivity contribution in [3.8, 4) is 0 Å². The van der Waals surface area contributed by atoms with Crippen molar-refractivity contribution in [1.29, 1.82) is 0 Å². The van der Waals surface area contributed by atoms with Crippen LogP contribution >= 0.6 is 0 Å². The van der Waals surface area contributed by atoms with Crippen LogP contribution in [0.3, 0.4) is 0 Å². The number of ether oxygens (including phenoxy) is 1. The molecule has 1 aliphatic heterocycles. The Bertz CT molecular complexity index is 479. The fourth-order valence-electron chi connectivity index (χ4n) is 4.06. The van der Waals surface area contributed by atoms with Crippen molar-refractivity contribution in [2.24, 2.45) is 5.92 Å². The molecule has 3 aliphatic rings. The molecule has 0 radical (unpaired) electrons. The van der Waals surface area contributed by atoms with Gasteiger partial charge in [-0.25, -0.2) is 4.79 Å². The number of likely N-dealkylation sites (tertiary alicyclic amines) is 1. The first-order valence-corrected chi connectivity index (χ1v) is 8.59. The molecule has 0 aromatic heterocycles. The van der Waals surface area contributed by atoms with E-state index in [0.29, 0.717) is 0 Å². The Morgan fingerprint density at radius 2 is 2.14 bits per heavy atom. The van der Waals surface area contributed by atoms with E-state index in [1.807, 2.05) is 19.2 Å². The summed E-state index contributed by atoms with van der Waals surface area (Å²) in [7, 11) is 2.03. The molecule has 4 nitrogen and oxygen atoms in total. The maximum absolute atomic E-state index is 12.9. The summed E-state index contributed by atoms with van der Waals surface area (Å²) in [5, 5.41) is 11.3. The molecular weight excluding hydrogens is 278 g/mol. The fourth-order valence-corrected chi connectivity index (χ4v) is 4.06. The van der Waals surface area contributed by atoms with E-state index in [0.717, 1.165) is 63.6 Å². The van der Waals surface area contributed by atoms with Gasteiger partial charge in [-0.1, -0.05) is 31.1 Å². The van der Waals surface area contributed by atoms with Crippen LogP contribution in [0.15, 0.2) is 23.8 Å². The highest BCUT2D eigenvalue weighted by atomic mass is 16.6. The van der Waals surface area contributed by atoms with Crippen molar-refractivity contribution in [2.45, 2.75) is 56.7 Å². The molecule has 1 N–H and O–H groups in total. The molecule has 2 fully saturated rings. The first kappa shape index (κ1) is 15.8. The third-order valence-corrected chi connectivity index (χ3v) is 5.38. The van der Waals surface area contributed by atoms with Crippen LogP contribution in [0.25, 0.3) is 0 Å². The lowest BCUT2D eigenvalue weighted by Crippen LogP contribution is -2.49. The standard InChI is InChI=1S/C18H27NO3/c1-19-12-11-16(13-19)22-17(20)18(21,15-9-5-6-10-15)14-7-3-2-4-8-14/h2-3,7,15-16,21H,4-6,8-13H2,1H3. The average molecular weight is 305 g/mol. The van der Waals surface area contributed by atoms with Crippen LogP contribution in [-0.2, 0) is 9.53 Å². The normalized spacial score (nSPS) is 29.4. The van der Waals surface area contributed by atoms with Gasteiger partial charge in [0.15, 0.2) is 5.60 Å². The highest BCUT2D eigenvalue weighted by Crippen LogP contribution is 2.41. The molecule has 122 valence electrons. The molecule has 0 bridgehead atoms. The fraction of sp³-hybridized carbons (Fsp3) is 0.722. The van der Waals surface area contributed by atoms with Gasteiger partial charge in [-0.3, -0.25) is 0 Å². The Kier molecular flexibility index (Phi) is 4.69. The lowest BCUT2D eigenvalue weighted by molar-refractivity contribution is -0.172. The SMILES string of the molecule is CN1CCC(OC(=O)C(O)(C2=CC=CCC2)C2CCCC2)C1. The van der Waals surface area contributed by atoms with Gasteiger partial charge in [0.05, 0.1) is 0 Å². The van der Waals surface area contributed by atoms with Crippen LogP contribution in [0.1, 0.15) is 44.9 Å². The van der Waals surface area contributed by atoms with Crippen molar-refractivity contribution in [2.75, 3.05) is 20.1 Å². The van der Waals surface area contributed by atoms with Crippen LogP contribution in [0.5, 0.6) is 0 Å². The predicted molar refractivity (Wildman–Crippen MR) is 85.4 cm³/mol. The van der Waals surface area contributed by atoms with Crippen LogP contribution in [0, 0.1) is 5.92 Å². The summed E-state index contributed by atoms with van der Waals surface area (Å²) in [4.78, 5) is 15.0. The van der Waals surface area contributed by atoms with Crippen molar-refractivity contribution in [3.63, 3.8) is 0 Å². The van der Waals surface area contributed by atoms with E-state index in [9.17, 15) is 9.90 Å². The van der Waals surface area contributed by atoms with Crippen LogP contribution in [0.4, 0.5) is 0 Å². The zero-order valence-electron chi connectivity index (χ0n) is 13.5. The Morgan fingerprint density at radius 3 is 2.73 bits per heavy atom. The summed E-state index contributed by atoms with van der Waals surface area (Å²) in [6, 6.07) is 0. The highest BCUT2D eigenvalue weighted by Gasteiger charge is 2.49. The molecule has 2 atom stereocenters. The van der Waals surface area contributed by atoms with E-state index < -0.39 is 11.6 Å². The van der Waals surface area contributed by atoms with Crippen LogP contribution in [0.2, 0.25) is 0 Å². The first-order valence-electron chi connectivity index (χ1n) is 8.59. The number of likely N-dealkylation sites (N-methyl/N-ethyl adjacent to an activating group) is 1. The molecule has 0 amide bonds. The lowest BCUT2D eigenvalue weighted by atomic mass is 9.77. The van der Waals surface area contributed by atoms with Gasteiger partial charge in [-0.05, 0) is 44.7 Å². The molecule has 4 heteroatoms. The first-order chi connectivity index (χ1) is 10.6. The summed E-state index contributed by atoms with van der Waals surface area (Å²) in [6.45, 7) is 1.72. The molecule has 1 saturated carbocycles. The molecule has 1 heterocycles. The highest BCUT2D eigenvalue weighted by molar-refractivity contribution is 5.84. The molecule has 1 saturated heterocycles. The minimum absolute atomic E-state index is 0.0110. The van der Waals surface area contributed by atoms with Gasteiger partial charge in [0.1, 0.15) is 6.10 Å². The van der Waals surface area contributed by atoms with Gasteiger partial charge in [-0.2, -0.15) is 0 Å². The second-order valence-corrected chi connectivity index (χ2v) is 6.98. The summed E-state index contributed by atoms with van der Waals surface area (Å²) in [5.41, 5.74) is -0.569. The smallest absolute Gasteiger partial charge is 0.343 e. The Hall–Kier alpha value is -1.13. The Labute approximate surface area is 132 Å². The van der Waals surface area contributed by atoms with E-state index in [4.69, 9.17) is 4.74 Å². The Balaban J connectivity index is 1.79. The van der Waals surface area contributed by atoms with E-state index in [2.05, 4.69) is 11.0 Å². The molecular formula is C18H27NO3. The molecule has 22 heavy (non-hydrogen) atoms. The predicted octanol–water partition coefficient (Wildman–Crippen LogP) is 2.43. The summed E-state index contributed by atoms with van der Waals surface area (Å²) in [5.74, 6) is -0.405. The topological polar surface area (TPSA) is 49.8 Å². The van der Waals surface area contributed by atoms with E-state index >= 15 is 0 Å². The lowest BCUT2D eigenvalue weighted by Gasteiger charge is -2.35. The van der Waals surface area contributed by atoms with Gasteiger partial charge in [0.2, 0.25) is 0 Å². The number of nitrogens with zero attached hydrogens (tertiary/aromatic N) is 1. The largest absolute Gasteiger partial charge is 0.459 e. The second-order valence-electron chi connectivity index (χ2n) is 6.98. The molecule has 0 spiro atoms. The van der Waals surface area contributed by atoms with Crippen molar-refractivity contribution in [1.82, 2.24) is 4.90 Å². The van der Waals surface area contributed by atoms with Gasteiger partial charge in [0, 0.05) is 19.0 Å². The number of hydrogen-bond donors (Lipinski definition) is 1. The minimum atomic E-state index is -1.41. The van der Waals surface area contributed by atoms with E-state index in [1.54, 1.807) is 0 Å². The van der Waals surface area contributed by atoms with Crippen LogP contribution < -0.4 is 0 Å². The summed E-state index contributed by atoms with van der Waals surface area (Å²) >= 11 is 0. The van der Waals surface area contributed by atoms with Crippen molar-refractivity contribution in [3.05, 3.63) is 23.8 Å². The molecule has 0 aromatic rings. The quantitative estimate of drug-likeness (QED) is 0.811. The van der Waals surface area contributed by atoms with Crippen molar-refractivity contribution >= 4 is 5.97 Å². The van der Waals surface area contributed by atoms with Gasteiger partial charge in [0.25, 0.3) is 0 Å². The number of carbonyl (C=O) groups is 1.